The van der Waals surface area contributed by atoms with Crippen molar-refractivity contribution >= 4 is 40.1 Å². The van der Waals surface area contributed by atoms with Gasteiger partial charge >= 0.3 is 0 Å². The third-order valence-corrected chi connectivity index (χ3v) is 6.41. The second-order valence-electron chi connectivity index (χ2n) is 8.33. The molecule has 2 aromatic carbocycles. The second-order valence-corrected chi connectivity index (χ2v) is 9.49. The molecule has 3 aromatic rings. The molecule has 1 aliphatic heterocycles. The lowest BCUT2D eigenvalue weighted by Crippen LogP contribution is -2.36. The van der Waals surface area contributed by atoms with Gasteiger partial charge in [0.2, 0.25) is 5.91 Å². The van der Waals surface area contributed by atoms with Crippen LogP contribution in [-0.2, 0) is 23.3 Å². The molecule has 0 bridgehead atoms. The van der Waals surface area contributed by atoms with Gasteiger partial charge in [-0.2, -0.15) is 0 Å². The lowest BCUT2D eigenvalue weighted by molar-refractivity contribution is -0.122. The lowest BCUT2D eigenvalue weighted by Gasteiger charge is -2.19. The van der Waals surface area contributed by atoms with Crippen molar-refractivity contribution < 1.29 is 27.3 Å². The Bertz CT molecular complexity index is 1270. The van der Waals surface area contributed by atoms with Gasteiger partial charge < -0.3 is 14.7 Å². The van der Waals surface area contributed by atoms with Crippen molar-refractivity contribution in [2.45, 2.75) is 39.3 Å². The van der Waals surface area contributed by atoms with Crippen LogP contribution in [0.4, 0.5) is 18.9 Å². The van der Waals surface area contributed by atoms with Gasteiger partial charge in [0.25, 0.3) is 5.91 Å². The van der Waals surface area contributed by atoms with Crippen LogP contribution in [0.1, 0.15) is 46.8 Å². The summed E-state index contributed by atoms with van der Waals surface area (Å²) in [6.45, 7) is 5.07. The summed E-state index contributed by atoms with van der Waals surface area (Å²) in [5.74, 6) is -3.34. The fourth-order valence-electron chi connectivity index (χ4n) is 3.93. The zero-order chi connectivity index (χ0) is 24.1. The Hall–Kier alpha value is -2.89. The molecule has 0 saturated heterocycles. The molecule has 0 unspecified atom stereocenters. The summed E-state index contributed by atoms with van der Waals surface area (Å²) in [6, 6.07) is 6.03. The normalized spacial score (nSPS) is 14.5. The third kappa shape index (κ3) is 4.23. The van der Waals surface area contributed by atoms with Crippen LogP contribution in [0.25, 0.3) is 0 Å². The van der Waals surface area contributed by atoms with E-state index in [9.17, 15) is 22.8 Å². The van der Waals surface area contributed by atoms with E-state index in [-0.39, 0.29) is 18.0 Å². The van der Waals surface area contributed by atoms with Crippen LogP contribution in [0.15, 0.2) is 34.9 Å². The maximum atomic E-state index is 13.9. The van der Waals surface area contributed by atoms with Gasteiger partial charge in [0.1, 0.15) is 28.9 Å². The summed E-state index contributed by atoms with van der Waals surface area (Å²) >= 11 is 2.06. The molecule has 2 heterocycles. The molecule has 0 aliphatic carbocycles. The number of hydrogen-bond donors (Lipinski definition) is 1. The Balaban J connectivity index is 1.64. The van der Waals surface area contributed by atoms with Crippen molar-refractivity contribution in [3.63, 3.8) is 0 Å². The minimum atomic E-state index is -1.09. The minimum absolute atomic E-state index is 0.149. The lowest BCUT2D eigenvalue weighted by atomic mass is 9.86. The molecule has 0 spiro atoms. The topological polar surface area (TPSA) is 75.4 Å². The highest BCUT2D eigenvalue weighted by molar-refractivity contribution is 14.1. The van der Waals surface area contributed by atoms with E-state index in [4.69, 9.17) is 4.52 Å². The van der Waals surface area contributed by atoms with E-state index in [0.29, 0.717) is 32.8 Å². The summed E-state index contributed by atoms with van der Waals surface area (Å²) in [6.07, 6.45) is 0. The standard InChI is InChI=1S/C23H19F3IN3O3/c1-11-4-14(29-33-11)10-30-19-6-12(5-18(27)20(19)23(2,3)22(30)32)21(31)28-9-15-16(25)7-13(24)8-17(15)26/h4-8H,9-10H2,1-3H3,(H,28,31). The molecule has 2 amide bonds. The zero-order valence-corrected chi connectivity index (χ0v) is 20.1. The highest BCUT2D eigenvalue weighted by Gasteiger charge is 2.45. The van der Waals surface area contributed by atoms with E-state index in [1.54, 1.807) is 30.0 Å². The third-order valence-electron chi connectivity index (χ3n) is 5.56. The van der Waals surface area contributed by atoms with Gasteiger partial charge in [-0.1, -0.05) is 5.16 Å². The first-order valence-electron chi connectivity index (χ1n) is 9.99. The van der Waals surface area contributed by atoms with Gasteiger partial charge in [-0.3, -0.25) is 9.59 Å². The molecular formula is C23H19F3IN3O3. The molecule has 6 nitrogen and oxygen atoms in total. The van der Waals surface area contributed by atoms with Crippen LogP contribution in [0.2, 0.25) is 0 Å². The van der Waals surface area contributed by atoms with E-state index >= 15 is 0 Å². The van der Waals surface area contributed by atoms with Gasteiger partial charge in [0.05, 0.1) is 17.6 Å². The molecule has 10 heteroatoms. The Morgan fingerprint density at radius 3 is 2.42 bits per heavy atom. The Kier molecular flexibility index (Phi) is 5.97. The summed E-state index contributed by atoms with van der Waals surface area (Å²) in [4.78, 5) is 27.5. The SMILES string of the molecule is Cc1cc(CN2C(=O)C(C)(C)c3c(I)cc(C(=O)NCc4c(F)cc(F)cc4F)cc32)no1. The number of carbonyl (C=O) groups is 2. The number of aryl methyl sites for hydroxylation is 1. The molecule has 1 aromatic heterocycles. The molecule has 0 saturated carbocycles. The number of nitrogens with one attached hydrogen (secondary N) is 1. The number of halogens is 4. The summed E-state index contributed by atoms with van der Waals surface area (Å²) in [5, 5.41) is 6.41. The van der Waals surface area contributed by atoms with Crippen molar-refractivity contribution in [3.8, 4) is 0 Å². The monoisotopic (exact) mass is 569 g/mol. The number of anilines is 1. The van der Waals surface area contributed by atoms with Gasteiger partial charge in [-0.05, 0) is 55.5 Å². The van der Waals surface area contributed by atoms with E-state index in [1.165, 1.54) is 0 Å². The highest BCUT2D eigenvalue weighted by Crippen LogP contribution is 2.45. The van der Waals surface area contributed by atoms with Gasteiger partial charge in [0, 0.05) is 45.0 Å². The number of nitrogens with zero attached hydrogens (tertiary/aromatic N) is 2. The smallest absolute Gasteiger partial charge is 0.251 e. The highest BCUT2D eigenvalue weighted by atomic mass is 127. The van der Waals surface area contributed by atoms with Crippen molar-refractivity contribution in [2.24, 2.45) is 0 Å². The van der Waals surface area contributed by atoms with Crippen molar-refractivity contribution in [3.05, 3.63) is 79.5 Å². The van der Waals surface area contributed by atoms with E-state index < -0.39 is 40.9 Å². The molecule has 0 fully saturated rings. The second kappa shape index (κ2) is 8.47. The number of rotatable bonds is 5. The predicted molar refractivity (Wildman–Crippen MR) is 122 cm³/mol. The quantitative estimate of drug-likeness (QED) is 0.450. The van der Waals surface area contributed by atoms with Gasteiger partial charge in [-0.15, -0.1) is 0 Å². The van der Waals surface area contributed by atoms with E-state index in [2.05, 4.69) is 33.1 Å². The average molecular weight is 569 g/mol. The molecule has 0 atom stereocenters. The van der Waals surface area contributed by atoms with E-state index in [0.717, 1.165) is 5.56 Å². The van der Waals surface area contributed by atoms with Crippen LogP contribution in [0.5, 0.6) is 0 Å². The van der Waals surface area contributed by atoms with Gasteiger partial charge in [0.15, 0.2) is 0 Å². The number of hydrogen-bond acceptors (Lipinski definition) is 4. The first kappa shape index (κ1) is 23.3. The number of carbonyl (C=O) groups excluding carboxylic acids is 2. The molecule has 1 N–H and O–H groups in total. The largest absolute Gasteiger partial charge is 0.361 e. The maximum Gasteiger partial charge on any atom is 0.251 e. The number of fused-ring (bicyclic) bond motifs is 1. The number of benzene rings is 2. The summed E-state index contributed by atoms with van der Waals surface area (Å²) in [5.41, 5.74) is 0.854. The fourth-order valence-corrected chi connectivity index (χ4v) is 5.22. The molecule has 172 valence electrons. The van der Waals surface area contributed by atoms with Crippen LogP contribution < -0.4 is 10.2 Å². The molecule has 1 aliphatic rings. The van der Waals surface area contributed by atoms with Crippen molar-refractivity contribution in [1.29, 1.82) is 0 Å². The van der Waals surface area contributed by atoms with Crippen molar-refractivity contribution in [2.75, 3.05) is 4.90 Å². The predicted octanol–water partition coefficient (Wildman–Crippen LogP) is 4.76. The number of aromatic nitrogens is 1. The molecular weight excluding hydrogens is 550 g/mol. The maximum absolute atomic E-state index is 13.9. The first-order chi connectivity index (χ1) is 15.5. The zero-order valence-electron chi connectivity index (χ0n) is 17.9. The van der Waals surface area contributed by atoms with E-state index in [1.807, 2.05) is 13.8 Å². The molecule has 0 radical (unpaired) electrons. The summed E-state index contributed by atoms with van der Waals surface area (Å²) in [7, 11) is 0. The van der Waals surface area contributed by atoms with Crippen molar-refractivity contribution in [1.82, 2.24) is 10.5 Å². The molecule has 33 heavy (non-hydrogen) atoms. The van der Waals surface area contributed by atoms with Crippen LogP contribution in [-0.4, -0.2) is 17.0 Å². The number of amides is 2. The molecule has 4 rings (SSSR count). The van der Waals surface area contributed by atoms with Gasteiger partial charge in [-0.25, -0.2) is 13.2 Å². The summed E-state index contributed by atoms with van der Waals surface area (Å²) < 4.78 is 46.7. The van der Waals surface area contributed by atoms with Crippen LogP contribution in [0.3, 0.4) is 0 Å². The van der Waals surface area contributed by atoms with Crippen LogP contribution in [0, 0.1) is 27.9 Å². The minimum Gasteiger partial charge on any atom is -0.361 e. The Morgan fingerprint density at radius 1 is 1.15 bits per heavy atom. The fraction of sp³-hybridized carbons (Fsp3) is 0.261. The Labute approximate surface area is 201 Å². The van der Waals surface area contributed by atoms with Crippen LogP contribution >= 0.6 is 22.6 Å². The first-order valence-corrected chi connectivity index (χ1v) is 11.1. The average Bonchev–Trinajstić information content (AvgIpc) is 3.21. The Morgan fingerprint density at radius 2 is 1.82 bits per heavy atom.